The predicted molar refractivity (Wildman–Crippen MR) is 214 cm³/mol. The number of anilines is 2. The van der Waals surface area contributed by atoms with Gasteiger partial charge in [0.05, 0.1) is 11.4 Å². The Morgan fingerprint density at radius 3 is 1.92 bits per heavy atom. The maximum atomic E-state index is 2.44. The quantitative estimate of drug-likeness (QED) is 0.174. The van der Waals surface area contributed by atoms with Crippen molar-refractivity contribution >= 4 is 44.7 Å². The third-order valence-electron chi connectivity index (χ3n) is 11.1. The van der Waals surface area contributed by atoms with Gasteiger partial charge in [-0.3, -0.25) is 0 Å². The smallest absolute Gasteiger partial charge is 0.0556 e. The lowest BCUT2D eigenvalue weighted by Crippen LogP contribution is -2.14. The van der Waals surface area contributed by atoms with Crippen LogP contribution >= 0.6 is 11.8 Å². The zero-order valence-electron chi connectivity index (χ0n) is 28.4. The Morgan fingerprint density at radius 2 is 1.06 bits per heavy atom. The summed E-state index contributed by atoms with van der Waals surface area (Å²) in [6.45, 7) is 4.75. The van der Waals surface area contributed by atoms with Crippen molar-refractivity contribution in [1.29, 1.82) is 0 Å². The highest BCUT2D eigenvalue weighted by Gasteiger charge is 2.37. The molecule has 50 heavy (non-hydrogen) atoms. The van der Waals surface area contributed by atoms with Gasteiger partial charge in [0.2, 0.25) is 0 Å². The molecule has 1 nitrogen and oxygen atoms in total. The molecule has 10 rings (SSSR count). The van der Waals surface area contributed by atoms with Crippen molar-refractivity contribution in [1.82, 2.24) is 0 Å². The van der Waals surface area contributed by atoms with E-state index in [1.54, 1.807) is 0 Å². The second kappa shape index (κ2) is 11.0. The minimum Gasteiger partial charge on any atom is -0.343 e. The SMILES string of the molecule is CN1c2ccccc2Sc2ccc(-c3c4ccccc4c(-c4cccc5c4-c4ccccc4C5(C)C)c4cc(-c5ccccc5)ccc34)cc21. The number of rotatable bonds is 3. The first kappa shape index (κ1) is 29.4. The first-order valence-corrected chi connectivity index (χ1v) is 18.2. The molecule has 2 heteroatoms. The normalized spacial score (nSPS) is 13.9. The van der Waals surface area contributed by atoms with E-state index >= 15 is 0 Å². The standard InChI is InChI=1S/C48H35NS/c1-48(2)39-20-10-9-18-36(39)47-37(19-13-21-40(47)48)46-34-17-8-7-16-33(34)45(35-26-24-31(28-38(35)46)30-14-5-4-6-15-30)32-25-27-44-42(29-32)49(3)41-22-11-12-23-43(41)50-44/h4-29H,1-3H3. The molecular weight excluding hydrogens is 623 g/mol. The van der Waals surface area contributed by atoms with Gasteiger partial charge in [-0.05, 0) is 108 Å². The molecule has 2 aliphatic rings. The van der Waals surface area contributed by atoms with Gasteiger partial charge in [-0.2, -0.15) is 0 Å². The number of benzene rings is 8. The van der Waals surface area contributed by atoms with Crippen LogP contribution in [0.5, 0.6) is 0 Å². The Labute approximate surface area is 297 Å². The summed E-state index contributed by atoms with van der Waals surface area (Å²) < 4.78 is 0. The van der Waals surface area contributed by atoms with E-state index in [2.05, 4.69) is 184 Å². The number of hydrogen-bond acceptors (Lipinski definition) is 2. The van der Waals surface area contributed by atoms with Crippen LogP contribution in [0.25, 0.3) is 66.1 Å². The highest BCUT2D eigenvalue weighted by Crippen LogP contribution is 2.55. The monoisotopic (exact) mass is 657 g/mol. The Bertz CT molecular complexity index is 2670. The molecule has 0 unspecified atom stereocenters. The molecule has 8 aromatic carbocycles. The van der Waals surface area contributed by atoms with Gasteiger partial charge < -0.3 is 4.90 Å². The minimum atomic E-state index is -0.0749. The van der Waals surface area contributed by atoms with Gasteiger partial charge in [0.25, 0.3) is 0 Å². The minimum absolute atomic E-state index is 0.0749. The van der Waals surface area contributed by atoms with Crippen molar-refractivity contribution < 1.29 is 0 Å². The second-order valence-electron chi connectivity index (χ2n) is 14.1. The molecule has 238 valence electrons. The lowest BCUT2D eigenvalue weighted by Gasteiger charge is -2.30. The van der Waals surface area contributed by atoms with Crippen LogP contribution in [-0.4, -0.2) is 7.05 Å². The highest BCUT2D eigenvalue weighted by molar-refractivity contribution is 7.99. The summed E-state index contributed by atoms with van der Waals surface area (Å²) in [5.41, 5.74) is 15.5. The summed E-state index contributed by atoms with van der Waals surface area (Å²) in [4.78, 5) is 4.93. The first-order valence-electron chi connectivity index (χ1n) is 17.4. The molecule has 0 amide bonds. The van der Waals surface area contributed by atoms with E-state index in [0.717, 1.165) is 0 Å². The molecule has 8 aromatic rings. The summed E-state index contributed by atoms with van der Waals surface area (Å²) in [6.07, 6.45) is 0. The second-order valence-corrected chi connectivity index (χ2v) is 15.2. The van der Waals surface area contributed by atoms with Gasteiger partial charge in [0.1, 0.15) is 0 Å². The molecule has 0 atom stereocenters. The summed E-state index contributed by atoms with van der Waals surface area (Å²) in [6, 6.07) is 58.7. The van der Waals surface area contributed by atoms with E-state index in [-0.39, 0.29) is 5.41 Å². The van der Waals surface area contributed by atoms with Gasteiger partial charge in [-0.15, -0.1) is 0 Å². The number of fused-ring (bicyclic) bond motifs is 7. The van der Waals surface area contributed by atoms with Crippen LogP contribution in [-0.2, 0) is 5.41 Å². The molecule has 1 aliphatic heterocycles. The van der Waals surface area contributed by atoms with Crippen molar-refractivity contribution in [3.63, 3.8) is 0 Å². The van der Waals surface area contributed by atoms with Crippen LogP contribution in [0.3, 0.4) is 0 Å². The van der Waals surface area contributed by atoms with Gasteiger partial charge in [0.15, 0.2) is 0 Å². The predicted octanol–water partition coefficient (Wildman–Crippen LogP) is 13.5. The van der Waals surface area contributed by atoms with E-state index < -0.39 is 0 Å². The van der Waals surface area contributed by atoms with Crippen molar-refractivity contribution in [3.05, 3.63) is 169 Å². The van der Waals surface area contributed by atoms with Crippen molar-refractivity contribution in [2.75, 3.05) is 11.9 Å². The first-order chi connectivity index (χ1) is 24.5. The fourth-order valence-corrected chi connectivity index (χ4v) is 9.77. The Hall–Kier alpha value is -5.57. The molecule has 0 spiro atoms. The maximum absolute atomic E-state index is 2.44. The number of hydrogen-bond donors (Lipinski definition) is 0. The molecule has 1 heterocycles. The molecule has 0 fully saturated rings. The van der Waals surface area contributed by atoms with Gasteiger partial charge in [0, 0.05) is 22.3 Å². The summed E-state index contributed by atoms with van der Waals surface area (Å²) in [5.74, 6) is 0. The van der Waals surface area contributed by atoms with E-state index in [9.17, 15) is 0 Å². The maximum Gasteiger partial charge on any atom is 0.0556 e. The topological polar surface area (TPSA) is 3.24 Å². The lowest BCUT2D eigenvalue weighted by molar-refractivity contribution is 0.660. The molecule has 0 saturated heterocycles. The summed E-state index contributed by atoms with van der Waals surface area (Å²) in [7, 11) is 2.20. The Morgan fingerprint density at radius 1 is 0.420 bits per heavy atom. The average molecular weight is 658 g/mol. The third-order valence-corrected chi connectivity index (χ3v) is 12.2. The van der Waals surface area contributed by atoms with Gasteiger partial charge >= 0.3 is 0 Å². The molecular formula is C48H35NS. The van der Waals surface area contributed by atoms with E-state index in [4.69, 9.17) is 0 Å². The van der Waals surface area contributed by atoms with Crippen LogP contribution in [0.2, 0.25) is 0 Å². The van der Waals surface area contributed by atoms with Crippen LogP contribution < -0.4 is 4.90 Å². The molecule has 1 aliphatic carbocycles. The largest absolute Gasteiger partial charge is 0.343 e. The van der Waals surface area contributed by atoms with Gasteiger partial charge in [-0.25, -0.2) is 0 Å². The Balaban J connectivity index is 1.30. The lowest BCUT2D eigenvalue weighted by atomic mass is 9.80. The molecule has 0 saturated carbocycles. The molecule has 0 aromatic heterocycles. The third kappa shape index (κ3) is 4.22. The van der Waals surface area contributed by atoms with Crippen LogP contribution in [0, 0.1) is 0 Å². The zero-order chi connectivity index (χ0) is 33.6. The molecule has 0 radical (unpaired) electrons. The van der Waals surface area contributed by atoms with Crippen LogP contribution in [0.15, 0.2) is 168 Å². The average Bonchev–Trinajstić information content (AvgIpc) is 3.40. The van der Waals surface area contributed by atoms with Crippen molar-refractivity contribution in [2.24, 2.45) is 0 Å². The zero-order valence-corrected chi connectivity index (χ0v) is 29.2. The van der Waals surface area contributed by atoms with E-state index in [1.807, 2.05) is 11.8 Å². The Kier molecular flexibility index (Phi) is 6.44. The van der Waals surface area contributed by atoms with Gasteiger partial charge in [-0.1, -0.05) is 153 Å². The molecule has 0 bridgehead atoms. The van der Waals surface area contributed by atoms with Crippen LogP contribution in [0.4, 0.5) is 11.4 Å². The summed E-state index contributed by atoms with van der Waals surface area (Å²) in [5, 5.41) is 5.10. The highest BCUT2D eigenvalue weighted by atomic mass is 32.2. The van der Waals surface area contributed by atoms with Crippen LogP contribution in [0.1, 0.15) is 25.0 Å². The fourth-order valence-electron chi connectivity index (χ4n) is 8.64. The summed E-state index contributed by atoms with van der Waals surface area (Å²) >= 11 is 1.86. The van der Waals surface area contributed by atoms with Crippen molar-refractivity contribution in [2.45, 2.75) is 29.1 Å². The van der Waals surface area contributed by atoms with E-state index in [0.29, 0.717) is 0 Å². The molecule has 0 N–H and O–H groups in total. The number of para-hydroxylation sites is 1. The van der Waals surface area contributed by atoms with E-state index in [1.165, 1.54) is 98.3 Å². The van der Waals surface area contributed by atoms with Crippen molar-refractivity contribution in [3.8, 4) is 44.5 Å². The number of nitrogens with zero attached hydrogens (tertiary/aromatic N) is 1. The fraction of sp³-hybridized carbons (Fsp3) is 0.0833.